The Labute approximate surface area is 98.0 Å². The van der Waals surface area contributed by atoms with Gasteiger partial charge in [0.25, 0.3) is 0 Å². The van der Waals surface area contributed by atoms with Gasteiger partial charge in [0, 0.05) is 12.4 Å². The van der Waals surface area contributed by atoms with Gasteiger partial charge >= 0.3 is 0 Å². The van der Waals surface area contributed by atoms with Crippen LogP contribution in [0.25, 0.3) is 0 Å². The van der Waals surface area contributed by atoms with Gasteiger partial charge in [0.2, 0.25) is 10.0 Å². The minimum Gasteiger partial charge on any atom is -0.309 e. The van der Waals surface area contributed by atoms with E-state index < -0.39 is 10.0 Å². The van der Waals surface area contributed by atoms with Gasteiger partial charge in [-0.25, -0.2) is 13.1 Å². The SMILES string of the molecule is CN(C)CCCCNS(=O)(=O)CCCCl. The van der Waals surface area contributed by atoms with Gasteiger partial charge in [0.05, 0.1) is 5.75 Å². The molecule has 1 N–H and O–H groups in total. The Balaban J connectivity index is 3.49. The number of hydrogen-bond donors (Lipinski definition) is 1. The molecule has 4 nitrogen and oxygen atoms in total. The van der Waals surface area contributed by atoms with Crippen LogP contribution in [-0.4, -0.2) is 52.1 Å². The summed E-state index contributed by atoms with van der Waals surface area (Å²) < 4.78 is 25.2. The van der Waals surface area contributed by atoms with Crippen LogP contribution in [0.5, 0.6) is 0 Å². The first kappa shape index (κ1) is 15.2. The molecule has 0 aliphatic heterocycles. The summed E-state index contributed by atoms with van der Waals surface area (Å²) in [5.74, 6) is 0.520. The molecular weight excluding hydrogens is 236 g/mol. The van der Waals surface area contributed by atoms with Gasteiger partial charge in [-0.2, -0.15) is 0 Å². The summed E-state index contributed by atoms with van der Waals surface area (Å²) in [7, 11) is 0.917. The molecule has 0 aromatic heterocycles. The average Bonchev–Trinajstić information content (AvgIpc) is 2.14. The minimum absolute atomic E-state index is 0.129. The van der Waals surface area contributed by atoms with Crippen molar-refractivity contribution in [2.75, 3.05) is 38.8 Å². The Bertz CT molecular complexity index is 242. The Morgan fingerprint density at radius 2 is 1.87 bits per heavy atom. The van der Waals surface area contributed by atoms with Crippen molar-refractivity contribution >= 4 is 21.6 Å². The van der Waals surface area contributed by atoms with Crippen molar-refractivity contribution in [2.45, 2.75) is 19.3 Å². The van der Waals surface area contributed by atoms with Crippen molar-refractivity contribution in [3.05, 3.63) is 0 Å². The number of nitrogens with zero attached hydrogens (tertiary/aromatic N) is 1. The highest BCUT2D eigenvalue weighted by Crippen LogP contribution is 1.94. The molecule has 0 spiro atoms. The van der Waals surface area contributed by atoms with Crippen molar-refractivity contribution < 1.29 is 8.42 Å². The largest absolute Gasteiger partial charge is 0.309 e. The third-order valence-corrected chi connectivity index (χ3v) is 3.64. The number of halogens is 1. The van der Waals surface area contributed by atoms with Gasteiger partial charge in [0.1, 0.15) is 0 Å². The highest BCUT2D eigenvalue weighted by atomic mass is 35.5. The predicted octanol–water partition coefficient (Wildman–Crippen LogP) is 0.876. The van der Waals surface area contributed by atoms with Crippen molar-refractivity contribution in [1.82, 2.24) is 9.62 Å². The normalized spacial score (nSPS) is 12.3. The quantitative estimate of drug-likeness (QED) is 0.492. The molecule has 0 amide bonds. The van der Waals surface area contributed by atoms with Gasteiger partial charge in [-0.05, 0) is 39.9 Å². The summed E-state index contributed by atoms with van der Waals surface area (Å²) >= 11 is 5.43. The van der Waals surface area contributed by atoms with Crippen molar-refractivity contribution in [3.63, 3.8) is 0 Å². The van der Waals surface area contributed by atoms with Crippen LogP contribution in [0.15, 0.2) is 0 Å². The van der Waals surface area contributed by atoms with E-state index in [1.807, 2.05) is 14.1 Å². The fourth-order valence-electron chi connectivity index (χ4n) is 1.10. The molecule has 0 heterocycles. The molecule has 0 radical (unpaired) electrons. The molecule has 0 aliphatic rings. The minimum atomic E-state index is -3.09. The lowest BCUT2D eigenvalue weighted by Crippen LogP contribution is -2.28. The van der Waals surface area contributed by atoms with E-state index in [4.69, 9.17) is 11.6 Å². The second kappa shape index (κ2) is 8.33. The maximum absolute atomic E-state index is 11.3. The van der Waals surface area contributed by atoms with Crippen LogP contribution in [0.1, 0.15) is 19.3 Å². The summed E-state index contributed by atoms with van der Waals surface area (Å²) in [4.78, 5) is 2.09. The molecule has 0 bridgehead atoms. The van der Waals surface area contributed by atoms with Crippen molar-refractivity contribution in [3.8, 4) is 0 Å². The topological polar surface area (TPSA) is 49.4 Å². The van der Waals surface area contributed by atoms with Gasteiger partial charge in [-0.15, -0.1) is 11.6 Å². The summed E-state index contributed by atoms with van der Waals surface area (Å²) in [6.45, 7) is 1.52. The van der Waals surface area contributed by atoms with Crippen LogP contribution in [0, 0.1) is 0 Å². The van der Waals surface area contributed by atoms with Gasteiger partial charge in [0.15, 0.2) is 0 Å². The zero-order valence-corrected chi connectivity index (χ0v) is 11.1. The summed E-state index contributed by atoms with van der Waals surface area (Å²) in [5, 5.41) is 0. The predicted molar refractivity (Wildman–Crippen MR) is 64.9 cm³/mol. The zero-order chi connectivity index (χ0) is 11.7. The monoisotopic (exact) mass is 256 g/mol. The molecule has 0 aliphatic carbocycles. The second-order valence-electron chi connectivity index (χ2n) is 3.77. The first-order chi connectivity index (χ1) is 6.98. The Kier molecular flexibility index (Phi) is 8.42. The second-order valence-corrected chi connectivity index (χ2v) is 6.07. The first-order valence-corrected chi connectivity index (χ1v) is 7.34. The van der Waals surface area contributed by atoms with Gasteiger partial charge in [-0.1, -0.05) is 0 Å². The number of alkyl halides is 1. The van der Waals surface area contributed by atoms with Crippen LogP contribution in [0.2, 0.25) is 0 Å². The Morgan fingerprint density at radius 3 is 2.40 bits per heavy atom. The summed E-state index contributed by atoms with van der Waals surface area (Å²) in [6, 6.07) is 0. The maximum atomic E-state index is 11.3. The Hall–Kier alpha value is 0.160. The Morgan fingerprint density at radius 1 is 1.20 bits per heavy atom. The molecule has 0 fully saturated rings. The van der Waals surface area contributed by atoms with E-state index in [2.05, 4.69) is 9.62 Å². The molecule has 0 saturated carbocycles. The van der Waals surface area contributed by atoms with Crippen LogP contribution in [0.3, 0.4) is 0 Å². The highest BCUT2D eigenvalue weighted by Gasteiger charge is 2.07. The van der Waals surface area contributed by atoms with E-state index >= 15 is 0 Å². The van der Waals surface area contributed by atoms with E-state index in [0.29, 0.717) is 18.8 Å². The van der Waals surface area contributed by atoms with Crippen LogP contribution in [0.4, 0.5) is 0 Å². The van der Waals surface area contributed by atoms with Gasteiger partial charge < -0.3 is 4.90 Å². The number of hydrogen-bond acceptors (Lipinski definition) is 3. The number of unbranched alkanes of at least 4 members (excludes halogenated alkanes) is 1. The smallest absolute Gasteiger partial charge is 0.211 e. The van der Waals surface area contributed by atoms with E-state index in [1.165, 1.54) is 0 Å². The van der Waals surface area contributed by atoms with Gasteiger partial charge in [-0.3, -0.25) is 0 Å². The highest BCUT2D eigenvalue weighted by molar-refractivity contribution is 7.89. The van der Waals surface area contributed by atoms with Crippen LogP contribution >= 0.6 is 11.6 Å². The average molecular weight is 257 g/mol. The first-order valence-electron chi connectivity index (χ1n) is 5.16. The molecule has 0 unspecified atom stereocenters. The lowest BCUT2D eigenvalue weighted by molar-refractivity contribution is 0.394. The molecule has 15 heavy (non-hydrogen) atoms. The molecule has 0 aromatic carbocycles. The van der Waals surface area contributed by atoms with E-state index in [0.717, 1.165) is 19.4 Å². The van der Waals surface area contributed by atoms with Crippen LogP contribution < -0.4 is 4.72 Å². The fraction of sp³-hybridized carbons (Fsp3) is 1.00. The summed E-state index contributed by atoms with van der Waals surface area (Å²) in [5.41, 5.74) is 0. The maximum Gasteiger partial charge on any atom is 0.211 e. The zero-order valence-electron chi connectivity index (χ0n) is 9.50. The van der Waals surface area contributed by atoms with E-state index in [9.17, 15) is 8.42 Å². The fourth-order valence-corrected chi connectivity index (χ4v) is 2.51. The third-order valence-electron chi connectivity index (χ3n) is 1.90. The molecule has 6 heteroatoms. The molecule has 92 valence electrons. The summed E-state index contributed by atoms with van der Waals surface area (Å²) in [6.07, 6.45) is 2.39. The van der Waals surface area contributed by atoms with Crippen molar-refractivity contribution in [1.29, 1.82) is 0 Å². The van der Waals surface area contributed by atoms with E-state index in [1.54, 1.807) is 0 Å². The molecule has 0 atom stereocenters. The van der Waals surface area contributed by atoms with Crippen LogP contribution in [-0.2, 0) is 10.0 Å². The number of nitrogens with one attached hydrogen (secondary N) is 1. The van der Waals surface area contributed by atoms with E-state index in [-0.39, 0.29) is 5.75 Å². The molecule has 0 aromatic rings. The molecule has 0 rings (SSSR count). The standard InChI is InChI=1S/C9H21ClN2O2S/c1-12(2)8-4-3-7-11-15(13,14)9-5-6-10/h11H,3-9H2,1-2H3. The third kappa shape index (κ3) is 10.4. The van der Waals surface area contributed by atoms with Crippen molar-refractivity contribution in [2.24, 2.45) is 0 Å². The number of rotatable bonds is 9. The lowest BCUT2D eigenvalue weighted by Gasteiger charge is -2.09. The number of sulfonamides is 1. The molecular formula is C9H21ClN2O2S. The lowest BCUT2D eigenvalue weighted by atomic mass is 10.3. The molecule has 0 saturated heterocycles.